The Labute approximate surface area is 146 Å². The first-order chi connectivity index (χ1) is 11.3. The zero-order chi connectivity index (χ0) is 17.5. The van der Waals surface area contributed by atoms with Gasteiger partial charge >= 0.3 is 0 Å². The second-order valence-corrected chi connectivity index (χ2v) is 9.23. The number of hydrogen-bond acceptors (Lipinski definition) is 3. The van der Waals surface area contributed by atoms with Crippen molar-refractivity contribution in [2.24, 2.45) is 7.05 Å². The Bertz CT molecular complexity index is 692. The highest BCUT2D eigenvalue weighted by Crippen LogP contribution is 2.39. The third-order valence-corrected chi connectivity index (χ3v) is 7.91. The van der Waals surface area contributed by atoms with Crippen LogP contribution in [0, 0.1) is 13.8 Å². The van der Waals surface area contributed by atoms with E-state index < -0.39 is 10.2 Å². The summed E-state index contributed by atoms with van der Waals surface area (Å²) in [6, 6.07) is 0.0795. The summed E-state index contributed by atoms with van der Waals surface area (Å²) in [6.07, 6.45) is 7.26. The lowest BCUT2D eigenvalue weighted by molar-refractivity contribution is 0.259. The Balaban J connectivity index is 1.89. The predicted octanol–water partition coefficient (Wildman–Crippen LogP) is 2.68. The summed E-state index contributed by atoms with van der Waals surface area (Å²) >= 11 is 0. The minimum Gasteiger partial charge on any atom is -0.272 e. The van der Waals surface area contributed by atoms with Crippen molar-refractivity contribution in [1.29, 1.82) is 0 Å². The number of rotatable bonds is 4. The van der Waals surface area contributed by atoms with E-state index in [4.69, 9.17) is 0 Å². The molecule has 3 rings (SSSR count). The van der Waals surface area contributed by atoms with Gasteiger partial charge in [0.2, 0.25) is 0 Å². The minimum absolute atomic E-state index is 0.0743. The van der Waals surface area contributed by atoms with Crippen molar-refractivity contribution >= 4 is 10.2 Å². The Kier molecular flexibility index (Phi) is 5.04. The molecule has 0 bridgehead atoms. The lowest BCUT2D eigenvalue weighted by atomic mass is 9.96. The van der Waals surface area contributed by atoms with Crippen molar-refractivity contribution in [2.75, 3.05) is 13.6 Å². The zero-order valence-corrected chi connectivity index (χ0v) is 16.1. The van der Waals surface area contributed by atoms with Gasteiger partial charge in [0.05, 0.1) is 11.7 Å². The van der Waals surface area contributed by atoms with E-state index in [1.54, 1.807) is 15.7 Å². The van der Waals surface area contributed by atoms with Crippen LogP contribution < -0.4 is 0 Å². The van der Waals surface area contributed by atoms with Crippen molar-refractivity contribution in [3.05, 3.63) is 17.0 Å². The SMILES string of the molecule is Cc1nn(C)c(C)c1C1CCCN1S(=O)(=O)N(C)C1CCCCC1. The highest BCUT2D eigenvalue weighted by molar-refractivity contribution is 7.86. The van der Waals surface area contributed by atoms with Crippen molar-refractivity contribution in [3.8, 4) is 0 Å². The van der Waals surface area contributed by atoms with Crippen LogP contribution >= 0.6 is 0 Å². The number of aryl methyl sites for hydroxylation is 2. The van der Waals surface area contributed by atoms with Crippen LogP contribution in [0.3, 0.4) is 0 Å². The molecule has 1 aromatic heterocycles. The molecule has 1 aliphatic heterocycles. The van der Waals surface area contributed by atoms with Gasteiger partial charge in [-0.3, -0.25) is 4.68 Å². The van der Waals surface area contributed by atoms with Gasteiger partial charge in [0.25, 0.3) is 10.2 Å². The molecule has 1 unspecified atom stereocenters. The molecule has 136 valence electrons. The second kappa shape index (κ2) is 6.77. The van der Waals surface area contributed by atoms with Gasteiger partial charge in [-0.1, -0.05) is 19.3 Å². The quantitative estimate of drug-likeness (QED) is 0.835. The topological polar surface area (TPSA) is 58.4 Å². The monoisotopic (exact) mass is 354 g/mol. The summed E-state index contributed by atoms with van der Waals surface area (Å²) in [4.78, 5) is 0. The lowest BCUT2D eigenvalue weighted by Crippen LogP contribution is -2.46. The van der Waals surface area contributed by atoms with Crippen molar-refractivity contribution in [2.45, 2.75) is 70.9 Å². The largest absolute Gasteiger partial charge is 0.282 e. The molecule has 24 heavy (non-hydrogen) atoms. The summed E-state index contributed by atoms with van der Waals surface area (Å²) in [5, 5.41) is 4.49. The Morgan fingerprint density at radius 2 is 1.75 bits per heavy atom. The molecule has 1 saturated carbocycles. The third kappa shape index (κ3) is 3.02. The van der Waals surface area contributed by atoms with E-state index in [1.807, 2.05) is 25.6 Å². The standard InChI is InChI=1S/C17H30N4O2S/c1-13-17(14(2)19(3)18-13)16-11-8-12-21(16)24(22,23)20(4)15-9-6-5-7-10-15/h15-16H,5-12H2,1-4H3. The molecule has 1 atom stereocenters. The normalized spacial score (nSPS) is 24.1. The smallest absolute Gasteiger partial charge is 0.272 e. The Morgan fingerprint density at radius 1 is 1.08 bits per heavy atom. The molecule has 1 aromatic rings. The van der Waals surface area contributed by atoms with Gasteiger partial charge < -0.3 is 0 Å². The summed E-state index contributed by atoms with van der Waals surface area (Å²) in [6.45, 7) is 4.62. The van der Waals surface area contributed by atoms with E-state index in [2.05, 4.69) is 5.10 Å². The molecule has 2 heterocycles. The zero-order valence-electron chi connectivity index (χ0n) is 15.3. The number of nitrogens with zero attached hydrogens (tertiary/aromatic N) is 4. The fraction of sp³-hybridized carbons (Fsp3) is 0.824. The van der Waals surface area contributed by atoms with E-state index >= 15 is 0 Å². The molecule has 0 N–H and O–H groups in total. The molecule has 6 nitrogen and oxygen atoms in total. The molecule has 0 radical (unpaired) electrons. The molecule has 7 heteroatoms. The van der Waals surface area contributed by atoms with E-state index in [9.17, 15) is 8.42 Å². The van der Waals surface area contributed by atoms with E-state index in [0.717, 1.165) is 55.5 Å². The van der Waals surface area contributed by atoms with Crippen LogP contribution in [0.4, 0.5) is 0 Å². The van der Waals surface area contributed by atoms with Gasteiger partial charge in [0, 0.05) is 37.9 Å². The van der Waals surface area contributed by atoms with Gasteiger partial charge in [-0.25, -0.2) is 0 Å². The average Bonchev–Trinajstić information content (AvgIpc) is 3.13. The van der Waals surface area contributed by atoms with Crippen LogP contribution in [-0.2, 0) is 17.3 Å². The maximum Gasteiger partial charge on any atom is 0.282 e. The number of aromatic nitrogens is 2. The van der Waals surface area contributed by atoms with Gasteiger partial charge in [-0.2, -0.15) is 22.1 Å². The van der Waals surface area contributed by atoms with Crippen LogP contribution in [0.5, 0.6) is 0 Å². The fourth-order valence-corrected chi connectivity index (χ4v) is 6.19. The van der Waals surface area contributed by atoms with Crippen LogP contribution in [0.15, 0.2) is 0 Å². The highest BCUT2D eigenvalue weighted by atomic mass is 32.2. The molecule has 2 aliphatic rings. The molecular weight excluding hydrogens is 324 g/mol. The first kappa shape index (κ1) is 17.9. The first-order valence-corrected chi connectivity index (χ1v) is 10.5. The first-order valence-electron chi connectivity index (χ1n) is 9.09. The minimum atomic E-state index is -3.43. The van der Waals surface area contributed by atoms with Gasteiger partial charge in [-0.15, -0.1) is 0 Å². The molecule has 1 saturated heterocycles. The lowest BCUT2D eigenvalue weighted by Gasteiger charge is -2.35. The summed E-state index contributed by atoms with van der Waals surface area (Å²) in [5.41, 5.74) is 3.11. The predicted molar refractivity (Wildman–Crippen MR) is 94.9 cm³/mol. The molecule has 0 amide bonds. The Morgan fingerprint density at radius 3 is 2.33 bits per heavy atom. The molecule has 1 aliphatic carbocycles. The van der Waals surface area contributed by atoms with E-state index in [0.29, 0.717) is 6.54 Å². The molecule has 0 spiro atoms. The summed E-state index contributed by atoms with van der Waals surface area (Å²) in [5.74, 6) is 0. The van der Waals surface area contributed by atoms with Crippen molar-refractivity contribution < 1.29 is 8.42 Å². The van der Waals surface area contributed by atoms with Gasteiger partial charge in [0.1, 0.15) is 0 Å². The second-order valence-electron chi connectivity index (χ2n) is 7.29. The third-order valence-electron chi connectivity index (χ3n) is 5.85. The van der Waals surface area contributed by atoms with Crippen molar-refractivity contribution in [1.82, 2.24) is 18.4 Å². The van der Waals surface area contributed by atoms with Crippen LogP contribution in [0.1, 0.15) is 67.9 Å². The summed E-state index contributed by atoms with van der Waals surface area (Å²) < 4.78 is 31.8. The fourth-order valence-electron chi connectivity index (χ4n) is 4.38. The van der Waals surface area contributed by atoms with E-state index in [1.165, 1.54) is 6.42 Å². The highest BCUT2D eigenvalue weighted by Gasteiger charge is 2.41. The maximum atomic E-state index is 13.3. The van der Waals surface area contributed by atoms with Crippen molar-refractivity contribution in [3.63, 3.8) is 0 Å². The van der Waals surface area contributed by atoms with E-state index in [-0.39, 0.29) is 12.1 Å². The average molecular weight is 355 g/mol. The Hall–Kier alpha value is -0.920. The molecule has 0 aromatic carbocycles. The summed E-state index contributed by atoms with van der Waals surface area (Å²) in [7, 11) is 0.262. The van der Waals surface area contributed by atoms with Crippen LogP contribution in [-0.4, -0.2) is 46.4 Å². The molecular formula is C17H30N4O2S. The van der Waals surface area contributed by atoms with Gasteiger partial charge in [-0.05, 0) is 39.5 Å². The molecule has 2 fully saturated rings. The van der Waals surface area contributed by atoms with Crippen LogP contribution in [0.2, 0.25) is 0 Å². The van der Waals surface area contributed by atoms with Gasteiger partial charge in [0.15, 0.2) is 0 Å². The van der Waals surface area contributed by atoms with Crippen LogP contribution in [0.25, 0.3) is 0 Å². The maximum absolute atomic E-state index is 13.3. The number of hydrogen-bond donors (Lipinski definition) is 0.